The van der Waals surface area contributed by atoms with Gasteiger partial charge in [-0.25, -0.2) is 9.98 Å². The second-order valence-electron chi connectivity index (χ2n) is 4.77. The second kappa shape index (κ2) is 4.08. The second-order valence-corrected chi connectivity index (χ2v) is 5.72. The van der Waals surface area contributed by atoms with Gasteiger partial charge in [-0.1, -0.05) is 12.1 Å². The van der Waals surface area contributed by atoms with E-state index in [0.717, 1.165) is 17.0 Å². The zero-order valence-corrected chi connectivity index (χ0v) is 11.7. The van der Waals surface area contributed by atoms with Gasteiger partial charge in [0.25, 0.3) is 0 Å². The summed E-state index contributed by atoms with van der Waals surface area (Å²) in [6.45, 7) is 2.10. The van der Waals surface area contributed by atoms with E-state index in [-0.39, 0.29) is 6.17 Å². The van der Waals surface area contributed by atoms with Gasteiger partial charge in [-0.05, 0) is 36.1 Å². The Hall–Kier alpha value is -2.34. The van der Waals surface area contributed by atoms with Crippen LogP contribution in [0.25, 0.3) is 11.0 Å². The lowest BCUT2D eigenvalue weighted by atomic mass is 10.2. The fraction of sp³-hybridized carbons (Fsp3) is 0.143. The van der Waals surface area contributed by atoms with Crippen molar-refractivity contribution < 1.29 is 0 Å². The van der Waals surface area contributed by atoms with Crippen LogP contribution >= 0.6 is 11.3 Å². The maximum Gasteiger partial charge on any atom is 0.212 e. The summed E-state index contributed by atoms with van der Waals surface area (Å²) in [5.74, 6) is 1.15. The number of hydrogen-bond donors (Lipinski definition) is 2. The average molecular weight is 283 g/mol. The van der Waals surface area contributed by atoms with Crippen molar-refractivity contribution in [2.75, 3.05) is 5.32 Å². The van der Waals surface area contributed by atoms with E-state index in [9.17, 15) is 0 Å². The van der Waals surface area contributed by atoms with Gasteiger partial charge >= 0.3 is 0 Å². The van der Waals surface area contributed by atoms with E-state index in [1.165, 1.54) is 10.4 Å². The van der Waals surface area contributed by atoms with Crippen molar-refractivity contribution in [3.05, 3.63) is 46.2 Å². The Bertz CT molecular complexity index is 829. The number of aryl methyl sites for hydroxylation is 1. The number of aromatic nitrogens is 2. The number of anilines is 1. The fourth-order valence-corrected chi connectivity index (χ4v) is 3.49. The van der Waals surface area contributed by atoms with Crippen molar-refractivity contribution >= 4 is 34.3 Å². The van der Waals surface area contributed by atoms with Crippen LogP contribution in [0.1, 0.15) is 16.6 Å². The molecule has 1 atom stereocenters. The number of nitrogens with one attached hydrogen (secondary N) is 1. The monoisotopic (exact) mass is 283 g/mol. The third-order valence-electron chi connectivity index (χ3n) is 3.48. The lowest BCUT2D eigenvalue weighted by Crippen LogP contribution is -2.31. The molecular weight excluding hydrogens is 270 g/mol. The van der Waals surface area contributed by atoms with Crippen molar-refractivity contribution in [1.82, 2.24) is 9.55 Å². The molecule has 3 N–H and O–H groups in total. The minimum Gasteiger partial charge on any atom is -0.370 e. The lowest BCUT2D eigenvalue weighted by molar-refractivity contribution is 0.634. The molecule has 0 saturated carbocycles. The quantitative estimate of drug-likeness (QED) is 0.721. The molecule has 1 aromatic carbocycles. The van der Waals surface area contributed by atoms with E-state index >= 15 is 0 Å². The number of nitrogens with two attached hydrogens (primary N) is 1. The van der Waals surface area contributed by atoms with E-state index in [1.807, 2.05) is 18.2 Å². The highest BCUT2D eigenvalue weighted by Crippen LogP contribution is 2.35. The number of benzene rings is 1. The highest BCUT2D eigenvalue weighted by Gasteiger charge is 2.26. The van der Waals surface area contributed by atoms with Crippen LogP contribution in [-0.4, -0.2) is 15.5 Å². The minimum atomic E-state index is -0.140. The Morgan fingerprint density at radius 3 is 2.95 bits per heavy atom. The molecule has 20 heavy (non-hydrogen) atoms. The van der Waals surface area contributed by atoms with Crippen molar-refractivity contribution in [2.45, 2.75) is 13.1 Å². The Morgan fingerprint density at radius 2 is 2.15 bits per heavy atom. The van der Waals surface area contributed by atoms with E-state index in [2.05, 4.69) is 44.3 Å². The van der Waals surface area contributed by atoms with Crippen LogP contribution in [0.15, 0.2) is 40.7 Å². The highest BCUT2D eigenvalue weighted by molar-refractivity contribution is 7.10. The third kappa shape index (κ3) is 1.55. The first-order chi connectivity index (χ1) is 9.74. The van der Waals surface area contributed by atoms with E-state index in [0.29, 0.717) is 5.96 Å². The van der Waals surface area contributed by atoms with Crippen LogP contribution in [0.5, 0.6) is 0 Å². The Kier molecular flexibility index (Phi) is 2.34. The number of guanidine groups is 1. The maximum absolute atomic E-state index is 5.91. The largest absolute Gasteiger partial charge is 0.370 e. The molecule has 3 heterocycles. The molecule has 0 fully saturated rings. The average Bonchev–Trinajstić information content (AvgIpc) is 3.00. The number of para-hydroxylation sites is 2. The van der Waals surface area contributed by atoms with Crippen LogP contribution < -0.4 is 11.1 Å². The van der Waals surface area contributed by atoms with E-state index < -0.39 is 0 Å². The van der Waals surface area contributed by atoms with Crippen LogP contribution in [0, 0.1) is 6.92 Å². The van der Waals surface area contributed by atoms with E-state index in [4.69, 9.17) is 5.73 Å². The molecule has 5 nitrogen and oxygen atoms in total. The number of nitrogens with zero attached hydrogens (tertiary/aromatic N) is 3. The summed E-state index contributed by atoms with van der Waals surface area (Å²) in [4.78, 5) is 10.3. The maximum atomic E-state index is 5.91. The summed E-state index contributed by atoms with van der Waals surface area (Å²) >= 11 is 1.69. The minimum absolute atomic E-state index is 0.140. The predicted octanol–water partition coefficient (Wildman–Crippen LogP) is 2.69. The standard InChI is InChI=1S/C14H13N5S/c1-8-6-7-20-11(8)12-17-13(15)18-14-16-9-4-2-3-5-10(9)19(12)14/h2-7,12H,1H3,(H3,15,16,17,18). The molecule has 1 aliphatic heterocycles. The number of rotatable bonds is 1. The molecule has 6 heteroatoms. The van der Waals surface area contributed by atoms with Crippen LogP contribution in [0.4, 0.5) is 5.95 Å². The lowest BCUT2D eigenvalue weighted by Gasteiger charge is -2.23. The molecule has 0 radical (unpaired) electrons. The van der Waals surface area contributed by atoms with Crippen molar-refractivity contribution in [3.63, 3.8) is 0 Å². The molecular formula is C14H13N5S. The van der Waals surface area contributed by atoms with Gasteiger partial charge in [-0.3, -0.25) is 9.88 Å². The van der Waals surface area contributed by atoms with Crippen molar-refractivity contribution in [1.29, 1.82) is 0 Å². The zero-order valence-electron chi connectivity index (χ0n) is 10.9. The summed E-state index contributed by atoms with van der Waals surface area (Å²) in [5, 5.41) is 5.13. The predicted molar refractivity (Wildman–Crippen MR) is 82.2 cm³/mol. The van der Waals surface area contributed by atoms with Gasteiger partial charge in [-0.2, -0.15) is 0 Å². The van der Waals surface area contributed by atoms with E-state index in [1.54, 1.807) is 11.3 Å². The van der Waals surface area contributed by atoms with Crippen LogP contribution in [0.2, 0.25) is 0 Å². The number of hydrogen-bond acceptors (Lipinski definition) is 5. The summed E-state index contributed by atoms with van der Waals surface area (Å²) in [5.41, 5.74) is 9.14. The van der Waals surface area contributed by atoms with Gasteiger partial charge in [0.2, 0.25) is 5.95 Å². The third-order valence-corrected chi connectivity index (χ3v) is 4.54. The number of aliphatic imine (C=N–C) groups is 1. The zero-order chi connectivity index (χ0) is 13.7. The molecule has 0 saturated heterocycles. The molecule has 0 bridgehead atoms. The van der Waals surface area contributed by atoms with Gasteiger partial charge in [0.15, 0.2) is 12.1 Å². The number of imidazole rings is 1. The topological polar surface area (TPSA) is 68.2 Å². The molecule has 3 aromatic rings. The summed E-state index contributed by atoms with van der Waals surface area (Å²) in [6, 6.07) is 10.2. The van der Waals surface area contributed by atoms with Crippen LogP contribution in [0.3, 0.4) is 0 Å². The summed E-state index contributed by atoms with van der Waals surface area (Å²) in [6.07, 6.45) is -0.140. The first-order valence-electron chi connectivity index (χ1n) is 6.35. The highest BCUT2D eigenvalue weighted by atomic mass is 32.1. The molecule has 100 valence electrons. The molecule has 2 aromatic heterocycles. The van der Waals surface area contributed by atoms with Crippen LogP contribution in [-0.2, 0) is 0 Å². The van der Waals surface area contributed by atoms with Gasteiger partial charge in [0.05, 0.1) is 15.9 Å². The SMILES string of the molecule is Cc1ccsc1C1N=C(N)Nc2nc3ccccc3n21. The Labute approximate surface area is 119 Å². The number of thiophene rings is 1. The summed E-state index contributed by atoms with van der Waals surface area (Å²) < 4.78 is 2.10. The fourth-order valence-electron chi connectivity index (χ4n) is 2.54. The van der Waals surface area contributed by atoms with Crippen molar-refractivity contribution in [2.24, 2.45) is 10.7 Å². The summed E-state index contributed by atoms with van der Waals surface area (Å²) in [7, 11) is 0. The van der Waals surface area contributed by atoms with Gasteiger partial charge in [-0.15, -0.1) is 11.3 Å². The Balaban J connectivity index is 2.01. The van der Waals surface area contributed by atoms with Gasteiger partial charge < -0.3 is 5.73 Å². The molecule has 0 amide bonds. The Morgan fingerprint density at radius 1 is 1.30 bits per heavy atom. The first kappa shape index (κ1) is 11.5. The smallest absolute Gasteiger partial charge is 0.212 e. The number of fused-ring (bicyclic) bond motifs is 3. The molecule has 0 spiro atoms. The molecule has 1 aliphatic rings. The van der Waals surface area contributed by atoms with Crippen molar-refractivity contribution in [3.8, 4) is 0 Å². The first-order valence-corrected chi connectivity index (χ1v) is 7.23. The van der Waals surface area contributed by atoms with Gasteiger partial charge in [0, 0.05) is 0 Å². The molecule has 1 unspecified atom stereocenters. The normalized spacial score (nSPS) is 17.6. The van der Waals surface area contributed by atoms with Gasteiger partial charge in [0.1, 0.15) is 0 Å². The molecule has 4 rings (SSSR count). The molecule has 0 aliphatic carbocycles.